The highest BCUT2D eigenvalue weighted by Crippen LogP contribution is 2.08. The molecule has 0 radical (unpaired) electrons. The van der Waals surface area contributed by atoms with Crippen molar-refractivity contribution in [3.8, 4) is 0 Å². The summed E-state index contributed by atoms with van der Waals surface area (Å²) in [5.41, 5.74) is 5.19. The number of nitrogens with one attached hydrogen (secondary N) is 1. The molecule has 0 spiro atoms. The molecule has 0 fully saturated rings. The fourth-order valence-electron chi connectivity index (χ4n) is 0.853. The van der Waals surface area contributed by atoms with Gasteiger partial charge < -0.3 is 5.73 Å². The minimum Gasteiger partial charge on any atom is -0.329 e. The predicted molar refractivity (Wildman–Crippen MR) is 50.7 cm³/mol. The van der Waals surface area contributed by atoms with E-state index in [9.17, 15) is 12.8 Å². The lowest BCUT2D eigenvalue weighted by Gasteiger charge is -2.05. The van der Waals surface area contributed by atoms with Gasteiger partial charge in [-0.05, 0) is 0 Å². The van der Waals surface area contributed by atoms with Crippen LogP contribution in [0, 0.1) is 5.82 Å². The third-order valence-electron chi connectivity index (χ3n) is 1.36. The summed E-state index contributed by atoms with van der Waals surface area (Å²) in [5.74, 6) is -0.804. The minimum absolute atomic E-state index is 0.0120. The average Bonchev–Trinajstić information content (AvgIpc) is 2.02. The Hall–Kier alpha value is -1.21. The van der Waals surface area contributed by atoms with Gasteiger partial charge in [0, 0.05) is 12.6 Å². The molecule has 0 aliphatic rings. The second-order valence-corrected chi connectivity index (χ2v) is 4.44. The maximum absolute atomic E-state index is 12.6. The van der Waals surface area contributed by atoms with Gasteiger partial charge in [-0.1, -0.05) is 0 Å². The van der Waals surface area contributed by atoms with Gasteiger partial charge in [0.2, 0.25) is 10.0 Å². The summed E-state index contributed by atoms with van der Waals surface area (Å²) in [4.78, 5) is 3.50. The van der Waals surface area contributed by atoms with Crippen molar-refractivity contribution in [1.29, 1.82) is 0 Å². The first-order chi connectivity index (χ1) is 6.53. The summed E-state index contributed by atoms with van der Waals surface area (Å²) >= 11 is 0. The molecule has 0 aromatic carbocycles. The van der Waals surface area contributed by atoms with Crippen molar-refractivity contribution in [2.75, 3.05) is 17.0 Å². The van der Waals surface area contributed by atoms with Crippen LogP contribution in [0.5, 0.6) is 0 Å². The van der Waals surface area contributed by atoms with Gasteiger partial charge >= 0.3 is 0 Å². The molecule has 0 amide bonds. The Labute approximate surface area is 81.2 Å². The summed E-state index contributed by atoms with van der Waals surface area (Å²) in [6, 6.07) is 1.04. The zero-order valence-electron chi connectivity index (χ0n) is 7.27. The van der Waals surface area contributed by atoms with E-state index in [1.807, 2.05) is 0 Å². The van der Waals surface area contributed by atoms with Crippen LogP contribution in [0.1, 0.15) is 0 Å². The number of anilines is 1. The molecule has 1 rings (SSSR count). The average molecular weight is 219 g/mol. The van der Waals surface area contributed by atoms with Crippen LogP contribution < -0.4 is 10.5 Å². The van der Waals surface area contributed by atoms with Crippen LogP contribution in [0.3, 0.4) is 0 Å². The minimum atomic E-state index is -3.48. The summed E-state index contributed by atoms with van der Waals surface area (Å²) < 4.78 is 37.1. The molecule has 1 aromatic heterocycles. The zero-order chi connectivity index (χ0) is 10.6. The number of halogens is 1. The molecule has 1 aromatic rings. The Morgan fingerprint density at radius 1 is 1.50 bits per heavy atom. The van der Waals surface area contributed by atoms with E-state index in [0.29, 0.717) is 0 Å². The van der Waals surface area contributed by atoms with Gasteiger partial charge in [-0.15, -0.1) is 0 Å². The Morgan fingerprint density at radius 2 is 2.21 bits per heavy atom. The van der Waals surface area contributed by atoms with E-state index in [-0.39, 0.29) is 18.0 Å². The highest BCUT2D eigenvalue weighted by molar-refractivity contribution is 7.92. The molecule has 3 N–H and O–H groups in total. The largest absolute Gasteiger partial charge is 0.329 e. The number of hydrogen-bond donors (Lipinski definition) is 2. The third-order valence-corrected chi connectivity index (χ3v) is 2.68. The van der Waals surface area contributed by atoms with Crippen LogP contribution in [-0.4, -0.2) is 25.7 Å². The summed E-state index contributed by atoms with van der Waals surface area (Å²) in [5, 5.41) is 0. The topological polar surface area (TPSA) is 85.1 Å². The first-order valence-corrected chi connectivity index (χ1v) is 5.50. The molecule has 7 heteroatoms. The van der Waals surface area contributed by atoms with Gasteiger partial charge in [-0.25, -0.2) is 12.8 Å². The van der Waals surface area contributed by atoms with Crippen LogP contribution >= 0.6 is 0 Å². The SMILES string of the molecule is NCCS(=O)(=O)Nc1cncc(F)c1. The first-order valence-electron chi connectivity index (χ1n) is 3.84. The fraction of sp³-hybridized carbons (Fsp3) is 0.286. The Bertz CT molecular complexity index is 407. The van der Waals surface area contributed by atoms with Gasteiger partial charge in [0.25, 0.3) is 0 Å². The summed E-state index contributed by atoms with van der Waals surface area (Å²) in [6.45, 7) is 0.0120. The number of nitrogens with zero attached hydrogens (tertiary/aromatic N) is 1. The standard InChI is InChI=1S/C7H10FN3O2S/c8-6-3-7(5-10-4-6)11-14(12,13)2-1-9/h3-5,11H,1-2,9H2. The van der Waals surface area contributed by atoms with E-state index < -0.39 is 15.8 Å². The van der Waals surface area contributed by atoms with Crippen molar-refractivity contribution in [2.45, 2.75) is 0 Å². The van der Waals surface area contributed by atoms with E-state index in [4.69, 9.17) is 5.73 Å². The number of nitrogens with two attached hydrogens (primary N) is 1. The lowest BCUT2D eigenvalue weighted by Crippen LogP contribution is -2.22. The number of sulfonamides is 1. The van der Waals surface area contributed by atoms with Crippen molar-refractivity contribution in [1.82, 2.24) is 4.98 Å². The van der Waals surface area contributed by atoms with Crippen molar-refractivity contribution < 1.29 is 12.8 Å². The molecule has 5 nitrogen and oxygen atoms in total. The lowest BCUT2D eigenvalue weighted by atomic mass is 10.4. The van der Waals surface area contributed by atoms with E-state index in [1.54, 1.807) is 0 Å². The highest BCUT2D eigenvalue weighted by Gasteiger charge is 2.09. The quantitative estimate of drug-likeness (QED) is 0.741. The van der Waals surface area contributed by atoms with E-state index >= 15 is 0 Å². The molecule has 0 aliphatic heterocycles. The second-order valence-electron chi connectivity index (χ2n) is 2.60. The monoisotopic (exact) mass is 219 g/mol. The molecule has 0 bridgehead atoms. The van der Waals surface area contributed by atoms with Crippen molar-refractivity contribution in [2.24, 2.45) is 5.73 Å². The lowest BCUT2D eigenvalue weighted by molar-refractivity contribution is 0.600. The normalized spacial score (nSPS) is 11.3. The Kier molecular flexibility index (Phi) is 3.37. The maximum Gasteiger partial charge on any atom is 0.234 e. The molecular formula is C7H10FN3O2S. The van der Waals surface area contributed by atoms with Gasteiger partial charge in [0.1, 0.15) is 5.82 Å². The van der Waals surface area contributed by atoms with Gasteiger partial charge in [0.15, 0.2) is 0 Å². The van der Waals surface area contributed by atoms with Crippen molar-refractivity contribution in [3.63, 3.8) is 0 Å². The smallest absolute Gasteiger partial charge is 0.234 e. The first kappa shape index (κ1) is 10.9. The molecule has 0 atom stereocenters. The van der Waals surface area contributed by atoms with E-state index in [0.717, 1.165) is 12.3 Å². The molecule has 1 heterocycles. The molecule has 0 aliphatic carbocycles. The van der Waals surface area contributed by atoms with Gasteiger partial charge in [-0.3, -0.25) is 9.71 Å². The van der Waals surface area contributed by atoms with Gasteiger partial charge in [0.05, 0.1) is 23.8 Å². The van der Waals surface area contributed by atoms with Crippen LogP contribution in [0.2, 0.25) is 0 Å². The molecule has 0 saturated carbocycles. The van der Waals surface area contributed by atoms with Crippen LogP contribution in [0.25, 0.3) is 0 Å². The Morgan fingerprint density at radius 3 is 2.79 bits per heavy atom. The van der Waals surface area contributed by atoms with Crippen LogP contribution in [0.15, 0.2) is 18.5 Å². The summed E-state index contributed by atoms with van der Waals surface area (Å²) in [7, 11) is -3.48. The molecule has 78 valence electrons. The van der Waals surface area contributed by atoms with Crippen LogP contribution in [-0.2, 0) is 10.0 Å². The highest BCUT2D eigenvalue weighted by atomic mass is 32.2. The number of pyridine rings is 1. The zero-order valence-corrected chi connectivity index (χ0v) is 8.09. The predicted octanol–water partition coefficient (Wildman–Crippen LogP) is -0.0789. The molecular weight excluding hydrogens is 209 g/mol. The number of hydrogen-bond acceptors (Lipinski definition) is 4. The summed E-state index contributed by atoms with van der Waals surface area (Å²) in [6.07, 6.45) is 2.21. The van der Waals surface area contributed by atoms with Crippen LogP contribution in [0.4, 0.5) is 10.1 Å². The maximum atomic E-state index is 12.6. The van der Waals surface area contributed by atoms with E-state index in [2.05, 4.69) is 9.71 Å². The Balaban J connectivity index is 2.79. The third kappa shape index (κ3) is 3.27. The van der Waals surface area contributed by atoms with Gasteiger partial charge in [-0.2, -0.15) is 0 Å². The molecule has 0 saturated heterocycles. The van der Waals surface area contributed by atoms with Crippen molar-refractivity contribution >= 4 is 15.7 Å². The number of rotatable bonds is 4. The van der Waals surface area contributed by atoms with E-state index in [1.165, 1.54) is 6.20 Å². The van der Waals surface area contributed by atoms with Crippen molar-refractivity contribution in [3.05, 3.63) is 24.3 Å². The molecule has 0 unspecified atom stereocenters. The molecule has 14 heavy (non-hydrogen) atoms. The number of aromatic nitrogens is 1. The fourth-order valence-corrected chi connectivity index (χ4v) is 1.74. The second kappa shape index (κ2) is 4.34.